The summed E-state index contributed by atoms with van der Waals surface area (Å²) in [6.07, 6.45) is 2.41. The quantitative estimate of drug-likeness (QED) is 0.881. The van der Waals surface area contributed by atoms with Crippen LogP contribution < -0.4 is 5.32 Å². The molecule has 0 spiro atoms. The average molecular weight is 356 g/mol. The molecule has 0 radical (unpaired) electrons. The van der Waals surface area contributed by atoms with Gasteiger partial charge in [-0.2, -0.15) is 0 Å². The molecule has 21 heavy (non-hydrogen) atoms. The van der Waals surface area contributed by atoms with E-state index < -0.39 is 6.04 Å². The molecule has 1 unspecified atom stereocenters. The third-order valence-corrected chi connectivity index (χ3v) is 3.84. The van der Waals surface area contributed by atoms with E-state index >= 15 is 0 Å². The summed E-state index contributed by atoms with van der Waals surface area (Å²) in [5, 5.41) is 2.81. The Labute approximate surface area is 132 Å². The van der Waals surface area contributed by atoms with Crippen molar-refractivity contribution >= 4 is 27.7 Å². The van der Waals surface area contributed by atoms with Crippen molar-refractivity contribution in [3.05, 3.63) is 28.5 Å². The Bertz CT molecular complexity index is 524. The number of ether oxygens (including phenoxy) is 1. The van der Waals surface area contributed by atoms with Crippen molar-refractivity contribution < 1.29 is 14.3 Å². The molecular formula is C14H18BrN3O3. The summed E-state index contributed by atoms with van der Waals surface area (Å²) in [6, 6.07) is 2.89. The van der Waals surface area contributed by atoms with Crippen LogP contribution in [-0.2, 0) is 9.53 Å². The van der Waals surface area contributed by atoms with Crippen molar-refractivity contribution in [1.82, 2.24) is 15.2 Å². The van der Waals surface area contributed by atoms with Crippen molar-refractivity contribution in [2.45, 2.75) is 19.4 Å². The number of amides is 2. The van der Waals surface area contributed by atoms with Gasteiger partial charge in [0, 0.05) is 23.8 Å². The molecule has 1 aliphatic rings. The first-order valence-electron chi connectivity index (χ1n) is 6.92. The molecule has 2 rings (SSSR count). The van der Waals surface area contributed by atoms with Gasteiger partial charge in [-0.25, -0.2) is 4.98 Å². The number of aromatic nitrogens is 1. The van der Waals surface area contributed by atoms with E-state index in [1.54, 1.807) is 18.3 Å². The lowest BCUT2D eigenvalue weighted by Crippen LogP contribution is -2.56. The standard InChI is InChI=1S/C14H18BrN3O3/c1-2-5-17-13(19)11-9-21-8-7-18(11)14(20)12-10(15)4-3-6-16-12/h3-4,6,11H,2,5,7-9H2,1H3,(H,17,19). The number of nitrogens with one attached hydrogen (secondary N) is 1. The minimum Gasteiger partial charge on any atom is -0.377 e. The van der Waals surface area contributed by atoms with Gasteiger partial charge in [-0.15, -0.1) is 0 Å². The monoisotopic (exact) mass is 355 g/mol. The molecule has 1 N–H and O–H groups in total. The Morgan fingerprint density at radius 2 is 2.38 bits per heavy atom. The highest BCUT2D eigenvalue weighted by Crippen LogP contribution is 2.18. The number of halogens is 1. The number of nitrogens with zero attached hydrogens (tertiary/aromatic N) is 2. The van der Waals surface area contributed by atoms with Gasteiger partial charge in [0.15, 0.2) is 0 Å². The summed E-state index contributed by atoms with van der Waals surface area (Å²) in [5.41, 5.74) is 0.313. The number of hydrogen-bond acceptors (Lipinski definition) is 4. The van der Waals surface area contributed by atoms with E-state index in [-0.39, 0.29) is 18.4 Å². The Morgan fingerprint density at radius 3 is 3.10 bits per heavy atom. The minimum atomic E-state index is -0.605. The lowest BCUT2D eigenvalue weighted by molar-refractivity contribution is -0.130. The van der Waals surface area contributed by atoms with Crippen LogP contribution in [0.4, 0.5) is 0 Å². The maximum Gasteiger partial charge on any atom is 0.274 e. The van der Waals surface area contributed by atoms with Crippen molar-refractivity contribution in [2.24, 2.45) is 0 Å². The zero-order valence-corrected chi connectivity index (χ0v) is 13.4. The van der Waals surface area contributed by atoms with Crippen LogP contribution in [0.25, 0.3) is 0 Å². The molecule has 1 aliphatic heterocycles. The Morgan fingerprint density at radius 1 is 1.57 bits per heavy atom. The largest absolute Gasteiger partial charge is 0.377 e. The Hall–Kier alpha value is -1.47. The predicted molar refractivity (Wildman–Crippen MR) is 80.9 cm³/mol. The first kappa shape index (κ1) is 15.9. The number of carbonyl (C=O) groups is 2. The number of carbonyl (C=O) groups excluding carboxylic acids is 2. The zero-order valence-electron chi connectivity index (χ0n) is 11.8. The topological polar surface area (TPSA) is 71.5 Å². The lowest BCUT2D eigenvalue weighted by Gasteiger charge is -2.34. The fourth-order valence-corrected chi connectivity index (χ4v) is 2.53. The fraction of sp³-hybridized carbons (Fsp3) is 0.500. The van der Waals surface area contributed by atoms with Crippen LogP contribution >= 0.6 is 15.9 Å². The minimum absolute atomic E-state index is 0.183. The summed E-state index contributed by atoms with van der Waals surface area (Å²) in [4.78, 5) is 30.4. The lowest BCUT2D eigenvalue weighted by atomic mass is 10.2. The molecule has 0 aromatic carbocycles. The molecule has 7 heteroatoms. The van der Waals surface area contributed by atoms with Gasteiger partial charge in [0.05, 0.1) is 13.2 Å². The summed E-state index contributed by atoms with van der Waals surface area (Å²) in [7, 11) is 0. The van der Waals surface area contributed by atoms with Crippen LogP contribution in [0.15, 0.2) is 22.8 Å². The summed E-state index contributed by atoms with van der Waals surface area (Å²) in [5.74, 6) is -0.445. The highest BCUT2D eigenvalue weighted by Gasteiger charge is 2.34. The van der Waals surface area contributed by atoms with E-state index in [2.05, 4.69) is 26.2 Å². The summed E-state index contributed by atoms with van der Waals surface area (Å²) in [6.45, 7) is 3.59. The molecule has 0 saturated carbocycles. The number of hydrogen-bond donors (Lipinski definition) is 1. The summed E-state index contributed by atoms with van der Waals surface area (Å²) < 4.78 is 5.96. The molecule has 114 valence electrons. The van der Waals surface area contributed by atoms with Crippen LogP contribution in [0.2, 0.25) is 0 Å². The van der Waals surface area contributed by atoms with Crippen molar-refractivity contribution in [3.63, 3.8) is 0 Å². The zero-order chi connectivity index (χ0) is 15.2. The molecule has 2 amide bonds. The van der Waals surface area contributed by atoms with Crippen LogP contribution in [0, 0.1) is 0 Å². The van der Waals surface area contributed by atoms with E-state index in [4.69, 9.17) is 4.74 Å². The van der Waals surface area contributed by atoms with E-state index in [1.165, 1.54) is 4.90 Å². The fourth-order valence-electron chi connectivity index (χ4n) is 2.11. The second-order valence-electron chi connectivity index (χ2n) is 4.71. The average Bonchev–Trinajstić information content (AvgIpc) is 2.52. The van der Waals surface area contributed by atoms with Crippen molar-refractivity contribution in [1.29, 1.82) is 0 Å². The molecule has 1 aromatic rings. The molecule has 1 saturated heterocycles. The number of morpholine rings is 1. The van der Waals surface area contributed by atoms with Crippen LogP contribution in [0.5, 0.6) is 0 Å². The van der Waals surface area contributed by atoms with E-state index in [0.29, 0.717) is 29.9 Å². The highest BCUT2D eigenvalue weighted by molar-refractivity contribution is 9.10. The smallest absolute Gasteiger partial charge is 0.274 e. The van der Waals surface area contributed by atoms with Crippen molar-refractivity contribution in [2.75, 3.05) is 26.3 Å². The van der Waals surface area contributed by atoms with Crippen LogP contribution in [0.3, 0.4) is 0 Å². The molecule has 6 nitrogen and oxygen atoms in total. The molecule has 0 bridgehead atoms. The summed E-state index contributed by atoms with van der Waals surface area (Å²) >= 11 is 3.32. The molecule has 0 aliphatic carbocycles. The van der Waals surface area contributed by atoms with E-state index in [0.717, 1.165) is 6.42 Å². The Kier molecular flexibility index (Phi) is 5.69. The molecule has 2 heterocycles. The molecule has 1 fully saturated rings. The van der Waals surface area contributed by atoms with Gasteiger partial charge in [-0.1, -0.05) is 6.92 Å². The number of pyridine rings is 1. The third kappa shape index (κ3) is 3.79. The van der Waals surface area contributed by atoms with Crippen molar-refractivity contribution in [3.8, 4) is 0 Å². The SMILES string of the molecule is CCCNC(=O)C1COCCN1C(=O)c1ncccc1Br. The van der Waals surface area contributed by atoms with Gasteiger partial charge in [-0.3, -0.25) is 9.59 Å². The maximum atomic E-state index is 12.6. The van der Waals surface area contributed by atoms with Gasteiger partial charge in [-0.05, 0) is 34.5 Å². The molecule has 1 atom stereocenters. The van der Waals surface area contributed by atoms with Gasteiger partial charge in [0.1, 0.15) is 11.7 Å². The van der Waals surface area contributed by atoms with E-state index in [1.807, 2.05) is 6.92 Å². The normalized spacial score (nSPS) is 18.4. The van der Waals surface area contributed by atoms with Gasteiger partial charge >= 0.3 is 0 Å². The van der Waals surface area contributed by atoms with Gasteiger partial charge < -0.3 is 15.0 Å². The van der Waals surface area contributed by atoms with Crippen LogP contribution in [-0.4, -0.2) is 54.0 Å². The number of rotatable bonds is 4. The van der Waals surface area contributed by atoms with Crippen LogP contribution in [0.1, 0.15) is 23.8 Å². The second kappa shape index (κ2) is 7.51. The van der Waals surface area contributed by atoms with E-state index in [9.17, 15) is 9.59 Å². The Balaban J connectivity index is 2.16. The maximum absolute atomic E-state index is 12.6. The predicted octanol–water partition coefficient (Wildman–Crippen LogP) is 1.21. The van der Waals surface area contributed by atoms with Gasteiger partial charge in [0.2, 0.25) is 5.91 Å². The highest BCUT2D eigenvalue weighted by atomic mass is 79.9. The molecular weight excluding hydrogens is 338 g/mol. The first-order valence-corrected chi connectivity index (χ1v) is 7.71. The first-order chi connectivity index (χ1) is 10.1. The second-order valence-corrected chi connectivity index (χ2v) is 5.57. The molecule has 1 aromatic heterocycles. The third-order valence-electron chi connectivity index (χ3n) is 3.20. The van der Waals surface area contributed by atoms with Gasteiger partial charge in [0.25, 0.3) is 5.91 Å².